The van der Waals surface area contributed by atoms with E-state index >= 15 is 0 Å². The van der Waals surface area contributed by atoms with Crippen molar-refractivity contribution in [1.29, 1.82) is 0 Å². The molecular weight excluding hydrogens is 184 g/mol. The summed E-state index contributed by atoms with van der Waals surface area (Å²) in [4.78, 5) is 10.7. The van der Waals surface area contributed by atoms with Crippen LogP contribution < -0.4 is 0 Å². The van der Waals surface area contributed by atoms with E-state index in [1.54, 1.807) is 7.11 Å². The van der Waals surface area contributed by atoms with E-state index in [1.165, 1.54) is 6.92 Å². The highest BCUT2D eigenvalue weighted by atomic mass is 16.6. The Hall–Kier alpha value is -0.610. The van der Waals surface area contributed by atoms with Gasteiger partial charge in [-0.3, -0.25) is 4.79 Å². The van der Waals surface area contributed by atoms with E-state index in [4.69, 9.17) is 14.2 Å². The molecule has 4 nitrogen and oxygen atoms in total. The highest BCUT2D eigenvalue weighted by molar-refractivity contribution is 5.66. The van der Waals surface area contributed by atoms with E-state index in [-0.39, 0.29) is 12.1 Å². The van der Waals surface area contributed by atoms with E-state index < -0.39 is 0 Å². The zero-order valence-electron chi connectivity index (χ0n) is 9.25. The minimum absolute atomic E-state index is 0.283. The Labute approximate surface area is 85.5 Å². The largest absolute Gasteiger partial charge is 0.458 e. The second-order valence-corrected chi connectivity index (χ2v) is 3.12. The molecule has 0 fully saturated rings. The van der Waals surface area contributed by atoms with Crippen LogP contribution in [-0.2, 0) is 19.0 Å². The summed E-state index contributed by atoms with van der Waals surface area (Å²) < 4.78 is 15.2. The maximum absolute atomic E-state index is 10.7. The summed E-state index contributed by atoms with van der Waals surface area (Å²) in [6, 6.07) is 0. The van der Waals surface area contributed by atoms with Gasteiger partial charge < -0.3 is 14.2 Å². The molecule has 1 unspecified atom stereocenters. The Morgan fingerprint density at radius 1 is 1.36 bits per heavy atom. The topological polar surface area (TPSA) is 44.8 Å². The Morgan fingerprint density at radius 2 is 2.07 bits per heavy atom. The molecule has 0 aromatic rings. The minimum atomic E-state index is -0.300. The number of rotatable bonds is 8. The van der Waals surface area contributed by atoms with Crippen LogP contribution in [0.4, 0.5) is 0 Å². The van der Waals surface area contributed by atoms with E-state index in [2.05, 4.69) is 6.92 Å². The first kappa shape index (κ1) is 13.4. The maximum Gasteiger partial charge on any atom is 0.303 e. The molecule has 14 heavy (non-hydrogen) atoms. The smallest absolute Gasteiger partial charge is 0.303 e. The first-order valence-corrected chi connectivity index (χ1v) is 4.94. The van der Waals surface area contributed by atoms with Crippen molar-refractivity contribution in [3.8, 4) is 0 Å². The summed E-state index contributed by atoms with van der Waals surface area (Å²) in [5, 5.41) is 0. The van der Waals surface area contributed by atoms with Gasteiger partial charge in [0.05, 0.1) is 13.2 Å². The fourth-order valence-corrected chi connectivity index (χ4v) is 0.998. The lowest BCUT2D eigenvalue weighted by Gasteiger charge is -2.15. The molecule has 0 spiro atoms. The first-order valence-electron chi connectivity index (χ1n) is 4.94. The molecule has 0 aromatic heterocycles. The first-order chi connectivity index (χ1) is 6.70. The lowest BCUT2D eigenvalue weighted by molar-refractivity contribution is -0.152. The van der Waals surface area contributed by atoms with Crippen molar-refractivity contribution in [3.05, 3.63) is 0 Å². The van der Waals surface area contributed by atoms with Crippen LogP contribution in [0, 0.1) is 0 Å². The molecule has 0 bridgehead atoms. The van der Waals surface area contributed by atoms with Crippen LogP contribution in [0.1, 0.15) is 26.7 Å². The molecule has 0 heterocycles. The van der Waals surface area contributed by atoms with Crippen molar-refractivity contribution in [2.45, 2.75) is 32.8 Å². The molecule has 0 rings (SSSR count). The fourth-order valence-electron chi connectivity index (χ4n) is 0.998. The van der Waals surface area contributed by atoms with Crippen LogP contribution in [-0.4, -0.2) is 39.0 Å². The predicted molar refractivity (Wildman–Crippen MR) is 53.2 cm³/mol. The van der Waals surface area contributed by atoms with Gasteiger partial charge in [0, 0.05) is 20.6 Å². The van der Waals surface area contributed by atoms with Crippen molar-refractivity contribution in [1.82, 2.24) is 0 Å². The van der Waals surface area contributed by atoms with Crippen LogP contribution >= 0.6 is 0 Å². The molecule has 0 radical (unpaired) electrons. The number of methoxy groups -OCH3 is 1. The molecule has 0 aliphatic rings. The fraction of sp³-hybridized carbons (Fsp3) is 0.900. The van der Waals surface area contributed by atoms with Crippen LogP contribution in [0.25, 0.3) is 0 Å². The van der Waals surface area contributed by atoms with Gasteiger partial charge in [-0.2, -0.15) is 0 Å². The molecule has 4 heteroatoms. The van der Waals surface area contributed by atoms with E-state index in [9.17, 15) is 4.79 Å². The molecule has 0 aliphatic heterocycles. The van der Waals surface area contributed by atoms with Crippen LogP contribution in [0.15, 0.2) is 0 Å². The lowest BCUT2D eigenvalue weighted by Crippen LogP contribution is -2.27. The van der Waals surface area contributed by atoms with Gasteiger partial charge in [-0.15, -0.1) is 0 Å². The number of carbonyl (C=O) groups is 1. The third-order valence-corrected chi connectivity index (χ3v) is 1.63. The van der Waals surface area contributed by atoms with Crippen molar-refractivity contribution < 1.29 is 19.0 Å². The Kier molecular flexibility index (Phi) is 8.57. The summed E-state index contributed by atoms with van der Waals surface area (Å²) in [5.74, 6) is -0.300. The monoisotopic (exact) mass is 204 g/mol. The number of carbonyl (C=O) groups excluding carboxylic acids is 1. The normalized spacial score (nSPS) is 12.5. The third-order valence-electron chi connectivity index (χ3n) is 1.63. The van der Waals surface area contributed by atoms with Crippen LogP contribution in [0.2, 0.25) is 0 Å². The maximum atomic E-state index is 10.7. The molecule has 0 saturated carbocycles. The van der Waals surface area contributed by atoms with Crippen LogP contribution in [0.5, 0.6) is 0 Å². The molecule has 0 aromatic carbocycles. The number of esters is 1. The number of hydrogen-bond acceptors (Lipinski definition) is 4. The van der Waals surface area contributed by atoms with Crippen molar-refractivity contribution in [2.75, 3.05) is 26.9 Å². The molecule has 0 saturated heterocycles. The van der Waals surface area contributed by atoms with Gasteiger partial charge in [0.25, 0.3) is 0 Å². The summed E-state index contributed by atoms with van der Waals surface area (Å²) in [6.07, 6.45) is 1.84. The van der Waals surface area contributed by atoms with Crippen molar-refractivity contribution in [3.63, 3.8) is 0 Å². The van der Waals surface area contributed by atoms with E-state index in [1.807, 2.05) is 0 Å². The molecule has 1 atom stereocenters. The molecule has 0 amide bonds. The van der Waals surface area contributed by atoms with Gasteiger partial charge in [0.2, 0.25) is 0 Å². The van der Waals surface area contributed by atoms with Gasteiger partial charge in [0.1, 0.15) is 6.10 Å². The van der Waals surface area contributed by atoms with Gasteiger partial charge in [0.15, 0.2) is 0 Å². The van der Waals surface area contributed by atoms with E-state index in [0.717, 1.165) is 12.8 Å². The zero-order chi connectivity index (χ0) is 10.8. The number of unbranched alkanes of at least 4 members (excludes halogenated alkanes) is 1. The van der Waals surface area contributed by atoms with Crippen molar-refractivity contribution >= 4 is 5.97 Å². The average molecular weight is 204 g/mol. The third kappa shape index (κ3) is 8.01. The zero-order valence-corrected chi connectivity index (χ0v) is 9.25. The molecule has 0 aliphatic carbocycles. The highest BCUT2D eigenvalue weighted by Gasteiger charge is 2.11. The second kappa shape index (κ2) is 8.97. The Bertz CT molecular complexity index is 147. The van der Waals surface area contributed by atoms with Crippen molar-refractivity contribution in [2.24, 2.45) is 0 Å². The highest BCUT2D eigenvalue weighted by Crippen LogP contribution is 1.97. The molecule has 0 N–H and O–H groups in total. The molecular formula is C10H20O4. The Balaban J connectivity index is 3.56. The SMILES string of the molecule is CCCCOCC(COC)OC(C)=O. The van der Waals surface area contributed by atoms with E-state index in [0.29, 0.717) is 19.8 Å². The standard InChI is InChI=1S/C10H20O4/c1-4-5-6-13-8-10(7-12-3)14-9(2)11/h10H,4-8H2,1-3H3. The molecule has 84 valence electrons. The quantitative estimate of drug-likeness (QED) is 0.442. The minimum Gasteiger partial charge on any atom is -0.458 e. The average Bonchev–Trinajstić information content (AvgIpc) is 2.12. The second-order valence-electron chi connectivity index (χ2n) is 3.12. The lowest BCUT2D eigenvalue weighted by atomic mass is 10.3. The summed E-state index contributed by atoms with van der Waals surface area (Å²) in [7, 11) is 1.57. The van der Waals surface area contributed by atoms with Crippen LogP contribution in [0.3, 0.4) is 0 Å². The van der Waals surface area contributed by atoms with Gasteiger partial charge in [-0.25, -0.2) is 0 Å². The Morgan fingerprint density at radius 3 is 2.57 bits per heavy atom. The van der Waals surface area contributed by atoms with Gasteiger partial charge in [-0.05, 0) is 6.42 Å². The van der Waals surface area contributed by atoms with Gasteiger partial charge in [-0.1, -0.05) is 13.3 Å². The number of hydrogen-bond donors (Lipinski definition) is 0. The van der Waals surface area contributed by atoms with Gasteiger partial charge >= 0.3 is 5.97 Å². The summed E-state index contributed by atoms with van der Waals surface area (Å²) >= 11 is 0. The summed E-state index contributed by atoms with van der Waals surface area (Å²) in [6.45, 7) is 4.98. The predicted octanol–water partition coefficient (Wildman–Crippen LogP) is 1.38. The summed E-state index contributed by atoms with van der Waals surface area (Å²) in [5.41, 5.74) is 0. The number of ether oxygens (including phenoxy) is 3.